The minimum atomic E-state index is -4.60. The van der Waals surface area contributed by atoms with E-state index >= 15 is 0 Å². The number of halogens is 3. The lowest BCUT2D eigenvalue weighted by atomic mass is 10.1. The van der Waals surface area contributed by atoms with E-state index < -0.39 is 6.36 Å². The molecule has 0 saturated heterocycles. The lowest BCUT2D eigenvalue weighted by Crippen LogP contribution is -2.17. The lowest BCUT2D eigenvalue weighted by Gasteiger charge is -2.09. The maximum absolute atomic E-state index is 11.9. The minimum absolute atomic E-state index is 0.133. The van der Waals surface area contributed by atoms with Crippen LogP contribution < -0.4 is 4.74 Å². The molecule has 0 heterocycles. The van der Waals surface area contributed by atoms with Crippen molar-refractivity contribution >= 4 is 0 Å². The van der Waals surface area contributed by atoms with Gasteiger partial charge in [-0.2, -0.15) is 0 Å². The molecule has 2 rings (SSSR count). The third kappa shape index (κ3) is 2.00. The van der Waals surface area contributed by atoms with Gasteiger partial charge in [0.05, 0.1) is 0 Å². The minimum Gasteiger partial charge on any atom is -0.406 e. The van der Waals surface area contributed by atoms with E-state index in [1.54, 1.807) is 6.07 Å². The Morgan fingerprint density at radius 3 is 2.50 bits per heavy atom. The van der Waals surface area contributed by atoms with E-state index in [1.807, 2.05) is 6.42 Å². The molecule has 1 aromatic carbocycles. The van der Waals surface area contributed by atoms with Gasteiger partial charge in [-0.05, 0) is 42.5 Å². The Bertz CT molecular complexity index is 344. The van der Waals surface area contributed by atoms with E-state index in [2.05, 4.69) is 4.74 Å². The summed E-state index contributed by atoms with van der Waals surface area (Å²) in [4.78, 5) is 0. The molecule has 1 aromatic rings. The van der Waals surface area contributed by atoms with Crippen LogP contribution in [0.25, 0.3) is 0 Å². The zero-order valence-corrected chi connectivity index (χ0v) is 7.27. The fraction of sp³-hybridized carbons (Fsp3) is 0.300. The average molecular weight is 201 g/mol. The van der Waals surface area contributed by atoms with Crippen LogP contribution in [-0.4, -0.2) is 6.36 Å². The van der Waals surface area contributed by atoms with Crippen molar-refractivity contribution in [3.8, 4) is 5.75 Å². The first-order valence-electron chi connectivity index (χ1n) is 4.24. The number of fused-ring (bicyclic) bond motifs is 1. The summed E-state index contributed by atoms with van der Waals surface area (Å²) in [7, 11) is 0. The van der Waals surface area contributed by atoms with Crippen molar-refractivity contribution in [2.24, 2.45) is 0 Å². The molecule has 0 amide bonds. The maximum Gasteiger partial charge on any atom is 0.573 e. The highest BCUT2D eigenvalue weighted by molar-refractivity contribution is 5.40. The number of rotatable bonds is 1. The van der Waals surface area contributed by atoms with Gasteiger partial charge in [-0.15, -0.1) is 13.2 Å². The molecular weight excluding hydrogens is 193 g/mol. The third-order valence-electron chi connectivity index (χ3n) is 2.14. The number of benzene rings is 1. The monoisotopic (exact) mass is 201 g/mol. The molecule has 1 nitrogen and oxygen atoms in total. The Morgan fingerprint density at radius 1 is 1.07 bits per heavy atom. The molecule has 0 spiro atoms. The maximum atomic E-state index is 11.9. The first kappa shape index (κ1) is 9.37. The van der Waals surface area contributed by atoms with Crippen molar-refractivity contribution in [1.82, 2.24) is 0 Å². The summed E-state index contributed by atoms with van der Waals surface area (Å²) < 4.78 is 39.4. The Morgan fingerprint density at radius 2 is 1.79 bits per heavy atom. The van der Waals surface area contributed by atoms with Crippen LogP contribution in [0.3, 0.4) is 0 Å². The molecule has 0 saturated carbocycles. The summed E-state index contributed by atoms with van der Waals surface area (Å²) in [5.41, 5.74) is 2.01. The van der Waals surface area contributed by atoms with Crippen LogP contribution in [0.15, 0.2) is 18.2 Å². The average Bonchev–Trinajstić information content (AvgIpc) is 2.47. The van der Waals surface area contributed by atoms with Crippen molar-refractivity contribution in [1.29, 1.82) is 0 Å². The predicted molar refractivity (Wildman–Crippen MR) is 44.8 cm³/mol. The van der Waals surface area contributed by atoms with Gasteiger partial charge in [0, 0.05) is 0 Å². The first-order chi connectivity index (χ1) is 6.54. The van der Waals surface area contributed by atoms with Crippen LogP contribution in [0.5, 0.6) is 5.75 Å². The van der Waals surface area contributed by atoms with Crippen molar-refractivity contribution in [3.05, 3.63) is 35.7 Å². The summed E-state index contributed by atoms with van der Waals surface area (Å²) in [6, 6.07) is 4.48. The normalized spacial score (nSPS) is 15.4. The van der Waals surface area contributed by atoms with Crippen LogP contribution in [0.1, 0.15) is 11.1 Å². The van der Waals surface area contributed by atoms with Gasteiger partial charge >= 0.3 is 6.36 Å². The molecule has 0 aromatic heterocycles. The fourth-order valence-electron chi connectivity index (χ4n) is 1.57. The van der Waals surface area contributed by atoms with E-state index in [0.717, 1.165) is 24.0 Å². The zero-order chi connectivity index (χ0) is 10.2. The Labute approximate surface area is 79.5 Å². The van der Waals surface area contributed by atoms with E-state index in [9.17, 15) is 13.2 Å². The molecule has 0 unspecified atom stereocenters. The number of hydrogen-bond acceptors (Lipinski definition) is 1. The first-order valence-corrected chi connectivity index (χ1v) is 4.24. The van der Waals surface area contributed by atoms with Gasteiger partial charge in [0.25, 0.3) is 0 Å². The summed E-state index contributed by atoms with van der Waals surface area (Å²) in [5.74, 6) is -0.133. The molecule has 0 N–H and O–H groups in total. The highest BCUT2D eigenvalue weighted by Crippen LogP contribution is 2.28. The van der Waals surface area contributed by atoms with Crippen molar-refractivity contribution < 1.29 is 17.9 Å². The second-order valence-electron chi connectivity index (χ2n) is 3.18. The van der Waals surface area contributed by atoms with Crippen LogP contribution >= 0.6 is 0 Å². The summed E-state index contributed by atoms with van der Waals surface area (Å²) in [5, 5.41) is 0. The van der Waals surface area contributed by atoms with Gasteiger partial charge < -0.3 is 4.74 Å². The van der Waals surface area contributed by atoms with Crippen LogP contribution in [0.4, 0.5) is 13.2 Å². The molecule has 1 radical (unpaired) electrons. The van der Waals surface area contributed by atoms with E-state index in [4.69, 9.17) is 0 Å². The Hall–Kier alpha value is -1.19. The molecule has 14 heavy (non-hydrogen) atoms. The van der Waals surface area contributed by atoms with Gasteiger partial charge in [0.15, 0.2) is 0 Å². The summed E-state index contributed by atoms with van der Waals surface area (Å²) >= 11 is 0. The standard InChI is InChI=1S/C10H8F3O/c11-10(12,13)14-9-5-4-7-2-1-3-8(7)6-9/h1,4-6H,2-3H2. The molecule has 0 aliphatic heterocycles. The second kappa shape index (κ2) is 3.19. The molecule has 1 aliphatic carbocycles. The Kier molecular flexibility index (Phi) is 2.13. The molecule has 4 heteroatoms. The van der Waals surface area contributed by atoms with Gasteiger partial charge in [-0.3, -0.25) is 0 Å². The van der Waals surface area contributed by atoms with Crippen molar-refractivity contribution in [2.75, 3.05) is 0 Å². The Balaban J connectivity index is 2.21. The molecule has 1 aliphatic rings. The highest BCUT2D eigenvalue weighted by Gasteiger charge is 2.31. The lowest BCUT2D eigenvalue weighted by molar-refractivity contribution is -0.274. The van der Waals surface area contributed by atoms with Crippen LogP contribution in [-0.2, 0) is 12.8 Å². The van der Waals surface area contributed by atoms with Gasteiger partial charge in [-0.25, -0.2) is 0 Å². The highest BCUT2D eigenvalue weighted by atomic mass is 19.4. The van der Waals surface area contributed by atoms with E-state index in [0.29, 0.717) is 0 Å². The number of ether oxygens (including phenoxy) is 1. The van der Waals surface area contributed by atoms with Gasteiger partial charge in [-0.1, -0.05) is 6.07 Å². The van der Waals surface area contributed by atoms with Crippen LogP contribution in [0, 0.1) is 6.42 Å². The number of alkyl halides is 3. The van der Waals surface area contributed by atoms with Crippen molar-refractivity contribution in [2.45, 2.75) is 19.2 Å². The fourth-order valence-corrected chi connectivity index (χ4v) is 1.57. The molecule has 75 valence electrons. The quantitative estimate of drug-likeness (QED) is 0.678. The topological polar surface area (TPSA) is 9.23 Å². The molecular formula is C10H8F3O. The second-order valence-corrected chi connectivity index (χ2v) is 3.18. The number of hydrogen-bond donors (Lipinski definition) is 0. The SMILES string of the molecule is FC(F)(F)Oc1ccc2c(c1)C[CH]C2. The largest absolute Gasteiger partial charge is 0.573 e. The smallest absolute Gasteiger partial charge is 0.406 e. The van der Waals surface area contributed by atoms with E-state index in [1.165, 1.54) is 12.1 Å². The van der Waals surface area contributed by atoms with Crippen molar-refractivity contribution in [3.63, 3.8) is 0 Å². The molecule has 0 bridgehead atoms. The van der Waals surface area contributed by atoms with E-state index in [-0.39, 0.29) is 5.75 Å². The van der Waals surface area contributed by atoms with Crippen LogP contribution in [0.2, 0.25) is 0 Å². The molecule has 0 fully saturated rings. The summed E-state index contributed by atoms with van der Waals surface area (Å²) in [6.45, 7) is 0. The molecule has 0 atom stereocenters. The summed E-state index contributed by atoms with van der Waals surface area (Å²) in [6.07, 6.45) is -1.01. The zero-order valence-electron chi connectivity index (χ0n) is 7.27. The van der Waals surface area contributed by atoms with Gasteiger partial charge in [0.2, 0.25) is 0 Å². The third-order valence-corrected chi connectivity index (χ3v) is 2.14. The van der Waals surface area contributed by atoms with Gasteiger partial charge in [0.1, 0.15) is 5.75 Å². The predicted octanol–water partition coefficient (Wildman–Crippen LogP) is 2.89.